The van der Waals surface area contributed by atoms with Crippen LogP contribution < -0.4 is 10.6 Å². The number of aromatic nitrogens is 1. The van der Waals surface area contributed by atoms with Crippen molar-refractivity contribution in [1.82, 2.24) is 10.3 Å². The molecule has 0 fully saturated rings. The third-order valence-electron chi connectivity index (χ3n) is 3.31. The predicted octanol–water partition coefficient (Wildman–Crippen LogP) is 2.91. The number of methoxy groups -OCH3 is 1. The van der Waals surface area contributed by atoms with Crippen LogP contribution in [-0.4, -0.2) is 35.9 Å². The van der Waals surface area contributed by atoms with Crippen molar-refractivity contribution < 1.29 is 19.1 Å². The molecule has 7 nitrogen and oxygen atoms in total. The van der Waals surface area contributed by atoms with Gasteiger partial charge in [-0.3, -0.25) is 14.6 Å². The van der Waals surface area contributed by atoms with Gasteiger partial charge in [-0.25, -0.2) is 4.79 Å². The average Bonchev–Trinajstić information content (AvgIpc) is 2.62. The van der Waals surface area contributed by atoms with E-state index in [1.165, 1.54) is 43.6 Å². The summed E-state index contributed by atoms with van der Waals surface area (Å²) in [4.78, 5) is 40.1. The van der Waals surface area contributed by atoms with Crippen LogP contribution in [0.1, 0.15) is 45.1 Å². The summed E-state index contributed by atoms with van der Waals surface area (Å²) in [7, 11) is 1.26. The largest absolute Gasteiger partial charge is 0.465 e. The number of halogens is 1. The Bertz CT molecular complexity index is 852. The van der Waals surface area contributed by atoms with E-state index in [0.717, 1.165) is 0 Å². The molecule has 0 radical (unpaired) electrons. The van der Waals surface area contributed by atoms with Gasteiger partial charge in [0.1, 0.15) is 5.69 Å². The normalized spacial score (nSPS) is 10.3. The number of esters is 1. The molecule has 0 saturated carbocycles. The van der Waals surface area contributed by atoms with Crippen LogP contribution in [0.25, 0.3) is 0 Å². The maximum Gasteiger partial charge on any atom is 0.337 e. The van der Waals surface area contributed by atoms with E-state index in [1.807, 2.05) is 13.8 Å². The first kappa shape index (κ1) is 19.4. The highest BCUT2D eigenvalue weighted by Crippen LogP contribution is 2.24. The summed E-state index contributed by atoms with van der Waals surface area (Å²) >= 11 is 6.06. The van der Waals surface area contributed by atoms with Crippen molar-refractivity contribution in [2.75, 3.05) is 12.4 Å². The van der Waals surface area contributed by atoms with Gasteiger partial charge >= 0.3 is 5.97 Å². The molecule has 8 heteroatoms. The Balaban J connectivity index is 2.23. The standard InChI is InChI=1S/C18H18ClN3O4/c1-10(2)21-16(23)11-6-7-20-15(8-11)17(24)22-14-9-12(18(25)26-3)4-5-13(14)19/h4-10H,1-3H3,(H,21,23)(H,22,24). The van der Waals surface area contributed by atoms with E-state index >= 15 is 0 Å². The summed E-state index contributed by atoms with van der Waals surface area (Å²) in [6.45, 7) is 3.67. The maximum absolute atomic E-state index is 12.4. The number of benzene rings is 1. The van der Waals surface area contributed by atoms with Gasteiger partial charge in [0.05, 0.1) is 23.4 Å². The Morgan fingerprint density at radius 1 is 1.08 bits per heavy atom. The molecule has 136 valence electrons. The molecule has 0 aliphatic carbocycles. The van der Waals surface area contributed by atoms with Crippen LogP contribution in [-0.2, 0) is 4.74 Å². The topological polar surface area (TPSA) is 97.4 Å². The van der Waals surface area contributed by atoms with Crippen molar-refractivity contribution in [2.45, 2.75) is 19.9 Å². The van der Waals surface area contributed by atoms with Gasteiger partial charge in [0.2, 0.25) is 0 Å². The van der Waals surface area contributed by atoms with E-state index in [2.05, 4.69) is 20.4 Å². The second-order valence-electron chi connectivity index (χ2n) is 5.70. The smallest absolute Gasteiger partial charge is 0.337 e. The molecule has 0 aliphatic heterocycles. The van der Waals surface area contributed by atoms with Gasteiger partial charge < -0.3 is 15.4 Å². The molecular weight excluding hydrogens is 358 g/mol. The number of pyridine rings is 1. The lowest BCUT2D eigenvalue weighted by Gasteiger charge is -2.10. The molecule has 2 N–H and O–H groups in total. The van der Waals surface area contributed by atoms with E-state index in [0.29, 0.717) is 5.56 Å². The Labute approximate surface area is 155 Å². The van der Waals surface area contributed by atoms with Crippen molar-refractivity contribution in [2.24, 2.45) is 0 Å². The summed E-state index contributed by atoms with van der Waals surface area (Å²) in [6.07, 6.45) is 1.37. The molecule has 2 aromatic rings. The number of carbonyl (C=O) groups is 3. The summed E-state index contributed by atoms with van der Waals surface area (Å²) in [6, 6.07) is 7.22. The predicted molar refractivity (Wildman–Crippen MR) is 97.6 cm³/mol. The second kappa shape index (κ2) is 8.44. The van der Waals surface area contributed by atoms with Crippen LogP contribution in [0.5, 0.6) is 0 Å². The van der Waals surface area contributed by atoms with Gasteiger partial charge in [0, 0.05) is 17.8 Å². The fraction of sp³-hybridized carbons (Fsp3) is 0.222. The highest BCUT2D eigenvalue weighted by atomic mass is 35.5. The molecule has 2 amide bonds. The first-order valence-corrected chi connectivity index (χ1v) is 8.15. The zero-order chi connectivity index (χ0) is 19.3. The summed E-state index contributed by atoms with van der Waals surface area (Å²) in [5, 5.41) is 5.57. The zero-order valence-electron chi connectivity index (χ0n) is 14.5. The van der Waals surface area contributed by atoms with Gasteiger partial charge in [-0.2, -0.15) is 0 Å². The Hall–Kier alpha value is -2.93. The van der Waals surface area contributed by atoms with E-state index in [9.17, 15) is 14.4 Å². The van der Waals surface area contributed by atoms with Crippen molar-refractivity contribution in [3.05, 3.63) is 58.4 Å². The van der Waals surface area contributed by atoms with E-state index in [-0.39, 0.29) is 33.9 Å². The Kier molecular flexibility index (Phi) is 6.30. The monoisotopic (exact) mass is 375 g/mol. The molecule has 0 bridgehead atoms. The molecule has 0 unspecified atom stereocenters. The molecular formula is C18H18ClN3O4. The number of hydrogen-bond donors (Lipinski definition) is 2. The summed E-state index contributed by atoms with van der Waals surface area (Å²) < 4.78 is 4.64. The van der Waals surface area contributed by atoms with Gasteiger partial charge in [0.25, 0.3) is 11.8 Å². The van der Waals surface area contributed by atoms with Gasteiger partial charge in [0.15, 0.2) is 0 Å². The minimum Gasteiger partial charge on any atom is -0.465 e. The molecule has 0 spiro atoms. The highest BCUT2D eigenvalue weighted by molar-refractivity contribution is 6.34. The third-order valence-corrected chi connectivity index (χ3v) is 3.64. The fourth-order valence-corrected chi connectivity index (χ4v) is 2.26. The lowest BCUT2D eigenvalue weighted by molar-refractivity contribution is 0.0600. The Morgan fingerprint density at radius 2 is 1.81 bits per heavy atom. The van der Waals surface area contributed by atoms with Crippen molar-refractivity contribution in [3.63, 3.8) is 0 Å². The van der Waals surface area contributed by atoms with Crippen molar-refractivity contribution in [1.29, 1.82) is 0 Å². The molecule has 1 heterocycles. The van der Waals surface area contributed by atoms with Crippen molar-refractivity contribution in [3.8, 4) is 0 Å². The Morgan fingerprint density at radius 3 is 2.46 bits per heavy atom. The zero-order valence-corrected chi connectivity index (χ0v) is 15.3. The first-order chi connectivity index (χ1) is 12.3. The summed E-state index contributed by atoms with van der Waals surface area (Å²) in [5.41, 5.74) is 0.831. The number of nitrogens with one attached hydrogen (secondary N) is 2. The molecule has 1 aromatic carbocycles. The molecule has 2 rings (SSSR count). The van der Waals surface area contributed by atoms with E-state index < -0.39 is 11.9 Å². The second-order valence-corrected chi connectivity index (χ2v) is 6.11. The third kappa shape index (κ3) is 4.80. The van der Waals surface area contributed by atoms with Crippen LogP contribution in [0.15, 0.2) is 36.5 Å². The fourth-order valence-electron chi connectivity index (χ4n) is 2.09. The van der Waals surface area contributed by atoms with Gasteiger partial charge in [-0.1, -0.05) is 11.6 Å². The number of carbonyl (C=O) groups excluding carboxylic acids is 3. The van der Waals surface area contributed by atoms with Gasteiger partial charge in [-0.05, 0) is 44.2 Å². The number of nitrogens with zero attached hydrogens (tertiary/aromatic N) is 1. The number of amides is 2. The quantitative estimate of drug-likeness (QED) is 0.783. The first-order valence-electron chi connectivity index (χ1n) is 7.78. The van der Waals surface area contributed by atoms with Crippen molar-refractivity contribution >= 4 is 35.1 Å². The van der Waals surface area contributed by atoms with E-state index in [4.69, 9.17) is 11.6 Å². The average molecular weight is 376 g/mol. The molecule has 26 heavy (non-hydrogen) atoms. The molecule has 1 aromatic heterocycles. The van der Waals surface area contributed by atoms with Gasteiger partial charge in [-0.15, -0.1) is 0 Å². The van der Waals surface area contributed by atoms with Crippen LogP contribution >= 0.6 is 11.6 Å². The van der Waals surface area contributed by atoms with Crippen LogP contribution in [0.2, 0.25) is 5.02 Å². The number of hydrogen-bond acceptors (Lipinski definition) is 5. The molecule has 0 aliphatic rings. The minimum absolute atomic E-state index is 0.0344. The summed E-state index contributed by atoms with van der Waals surface area (Å²) in [5.74, 6) is -1.42. The highest BCUT2D eigenvalue weighted by Gasteiger charge is 2.15. The number of rotatable bonds is 5. The van der Waals surface area contributed by atoms with Crippen LogP contribution in [0.4, 0.5) is 5.69 Å². The van der Waals surface area contributed by atoms with Crippen LogP contribution in [0, 0.1) is 0 Å². The maximum atomic E-state index is 12.4. The minimum atomic E-state index is -0.562. The SMILES string of the molecule is COC(=O)c1ccc(Cl)c(NC(=O)c2cc(C(=O)NC(C)C)ccn2)c1. The van der Waals surface area contributed by atoms with Crippen LogP contribution in [0.3, 0.4) is 0 Å². The lowest BCUT2D eigenvalue weighted by Crippen LogP contribution is -2.30. The number of anilines is 1. The number of ether oxygens (including phenoxy) is 1. The van der Waals surface area contributed by atoms with E-state index in [1.54, 1.807) is 0 Å². The lowest BCUT2D eigenvalue weighted by atomic mass is 10.1. The molecule has 0 saturated heterocycles. The molecule has 0 atom stereocenters.